The first-order valence-electron chi connectivity index (χ1n) is 9.13. The van der Waals surface area contributed by atoms with Crippen LogP contribution in [0.5, 0.6) is 11.6 Å². The van der Waals surface area contributed by atoms with Crippen LogP contribution in [0.3, 0.4) is 0 Å². The molecule has 31 heavy (non-hydrogen) atoms. The molecule has 0 saturated carbocycles. The average molecular weight is 493 g/mol. The summed E-state index contributed by atoms with van der Waals surface area (Å²) < 4.78 is 50.9. The molecule has 0 aliphatic heterocycles. The minimum absolute atomic E-state index is 0.136. The van der Waals surface area contributed by atoms with E-state index in [9.17, 15) is 13.2 Å². The Hall–Kier alpha value is -3.14. The second kappa shape index (κ2) is 8.18. The Morgan fingerprint density at radius 1 is 1.00 bits per heavy atom. The van der Waals surface area contributed by atoms with Crippen molar-refractivity contribution in [3.05, 3.63) is 58.8 Å². The van der Waals surface area contributed by atoms with Crippen molar-refractivity contribution in [2.45, 2.75) is 13.1 Å². The Morgan fingerprint density at radius 3 is 2.35 bits per heavy atom. The van der Waals surface area contributed by atoms with E-state index in [-0.39, 0.29) is 17.2 Å². The Balaban J connectivity index is 1.99. The lowest BCUT2D eigenvalue weighted by molar-refractivity contribution is -0.153. The highest BCUT2D eigenvalue weighted by molar-refractivity contribution is 9.10. The summed E-state index contributed by atoms with van der Waals surface area (Å²) in [7, 11) is 1.57. The molecule has 4 rings (SSSR count). The van der Waals surface area contributed by atoms with Gasteiger partial charge in [0.1, 0.15) is 22.8 Å². The molecule has 2 aromatic carbocycles. The fourth-order valence-corrected chi connectivity index (χ4v) is 3.56. The van der Waals surface area contributed by atoms with Crippen LogP contribution in [0.15, 0.2) is 53.0 Å². The van der Waals surface area contributed by atoms with Gasteiger partial charge in [0.2, 0.25) is 5.88 Å². The van der Waals surface area contributed by atoms with Gasteiger partial charge in [-0.15, -0.1) is 0 Å². The third kappa shape index (κ3) is 4.34. The van der Waals surface area contributed by atoms with Crippen LogP contribution >= 0.6 is 15.9 Å². The zero-order valence-corrected chi connectivity index (χ0v) is 18.0. The van der Waals surface area contributed by atoms with E-state index in [2.05, 4.69) is 31.0 Å². The van der Waals surface area contributed by atoms with Gasteiger partial charge in [0.25, 0.3) is 0 Å². The second-order valence-corrected chi connectivity index (χ2v) is 7.47. The van der Waals surface area contributed by atoms with Gasteiger partial charge in [-0.3, -0.25) is 0 Å². The zero-order valence-electron chi connectivity index (χ0n) is 16.4. The van der Waals surface area contributed by atoms with Gasteiger partial charge in [-0.25, -0.2) is 9.67 Å². The standard InChI is InChI=1S/C21H16BrF3N4O2/c1-12-26-17-18(20(27-12)31-11-21(23,24)25)28-29(16-6-4-3-5-15(16)22)19(17)13-7-9-14(30-2)10-8-13/h3-10H,11H2,1-2H3. The molecule has 160 valence electrons. The van der Waals surface area contributed by atoms with Crippen LogP contribution in [-0.4, -0.2) is 39.6 Å². The molecule has 0 aliphatic rings. The van der Waals surface area contributed by atoms with E-state index in [0.717, 1.165) is 10.0 Å². The van der Waals surface area contributed by atoms with E-state index in [1.54, 1.807) is 30.8 Å². The fraction of sp³-hybridized carbons (Fsp3) is 0.190. The Bertz CT molecular complexity index is 1240. The summed E-state index contributed by atoms with van der Waals surface area (Å²) in [5, 5.41) is 4.54. The van der Waals surface area contributed by atoms with Crippen molar-refractivity contribution in [3.63, 3.8) is 0 Å². The molecule has 0 radical (unpaired) electrons. The second-order valence-electron chi connectivity index (χ2n) is 6.62. The molecule has 0 atom stereocenters. The SMILES string of the molecule is COc1ccc(-c2c3nc(C)nc(OCC(F)(F)F)c3nn2-c2ccccc2Br)cc1. The molecular formula is C21H16BrF3N4O2. The number of methoxy groups -OCH3 is 1. The monoisotopic (exact) mass is 492 g/mol. The van der Waals surface area contributed by atoms with E-state index >= 15 is 0 Å². The molecule has 10 heteroatoms. The number of para-hydroxylation sites is 1. The summed E-state index contributed by atoms with van der Waals surface area (Å²) in [4.78, 5) is 8.53. The number of fused-ring (bicyclic) bond motifs is 1. The van der Waals surface area contributed by atoms with Crippen molar-refractivity contribution < 1.29 is 22.6 Å². The van der Waals surface area contributed by atoms with Crippen molar-refractivity contribution in [2.75, 3.05) is 13.7 Å². The minimum atomic E-state index is -4.50. The number of aromatic nitrogens is 4. The largest absolute Gasteiger partial charge is 0.497 e. The van der Waals surface area contributed by atoms with E-state index in [4.69, 9.17) is 9.47 Å². The number of rotatable bonds is 5. The number of hydrogen-bond donors (Lipinski definition) is 0. The third-order valence-corrected chi connectivity index (χ3v) is 5.09. The maximum atomic E-state index is 12.8. The quantitative estimate of drug-likeness (QED) is 0.368. The van der Waals surface area contributed by atoms with E-state index in [1.165, 1.54) is 0 Å². The van der Waals surface area contributed by atoms with Crippen LogP contribution in [-0.2, 0) is 0 Å². The predicted molar refractivity (Wildman–Crippen MR) is 113 cm³/mol. The summed E-state index contributed by atoms with van der Waals surface area (Å²) in [6.07, 6.45) is -4.50. The molecule has 0 amide bonds. The van der Waals surface area contributed by atoms with E-state index in [0.29, 0.717) is 22.6 Å². The molecule has 0 aliphatic carbocycles. The van der Waals surface area contributed by atoms with Gasteiger partial charge in [0, 0.05) is 10.0 Å². The topological polar surface area (TPSA) is 62.1 Å². The molecule has 2 aromatic heterocycles. The van der Waals surface area contributed by atoms with Crippen molar-refractivity contribution in [1.29, 1.82) is 0 Å². The summed E-state index contributed by atoms with van der Waals surface area (Å²) in [6.45, 7) is 0.117. The third-order valence-electron chi connectivity index (χ3n) is 4.42. The van der Waals surface area contributed by atoms with Crippen molar-refractivity contribution in [1.82, 2.24) is 19.7 Å². The number of aryl methyl sites for hydroxylation is 1. The first kappa shape index (κ1) is 21.1. The summed E-state index contributed by atoms with van der Waals surface area (Å²) in [5.74, 6) is 0.714. The number of nitrogens with zero attached hydrogens (tertiary/aromatic N) is 4. The summed E-state index contributed by atoms with van der Waals surface area (Å²) >= 11 is 3.51. The van der Waals surface area contributed by atoms with Crippen molar-refractivity contribution >= 4 is 27.0 Å². The van der Waals surface area contributed by atoms with Crippen LogP contribution in [0.2, 0.25) is 0 Å². The van der Waals surface area contributed by atoms with Gasteiger partial charge in [-0.1, -0.05) is 12.1 Å². The lowest BCUT2D eigenvalue weighted by Crippen LogP contribution is -2.20. The van der Waals surface area contributed by atoms with Crippen LogP contribution in [0.4, 0.5) is 13.2 Å². The average Bonchev–Trinajstić information content (AvgIpc) is 3.11. The normalized spacial score (nSPS) is 11.7. The van der Waals surface area contributed by atoms with Gasteiger partial charge in [0.05, 0.1) is 12.8 Å². The molecule has 6 nitrogen and oxygen atoms in total. The highest BCUT2D eigenvalue weighted by atomic mass is 79.9. The van der Waals surface area contributed by atoms with Gasteiger partial charge >= 0.3 is 6.18 Å². The number of alkyl halides is 3. The number of halogens is 4. The highest BCUT2D eigenvalue weighted by Gasteiger charge is 2.30. The Labute approximate surface area is 183 Å². The molecule has 0 spiro atoms. The molecule has 0 unspecified atom stereocenters. The van der Waals surface area contributed by atoms with Gasteiger partial charge in [-0.05, 0) is 59.3 Å². The Kier molecular flexibility index (Phi) is 5.57. The fourth-order valence-electron chi connectivity index (χ4n) is 3.10. The van der Waals surface area contributed by atoms with Gasteiger partial charge < -0.3 is 9.47 Å². The van der Waals surface area contributed by atoms with Crippen molar-refractivity contribution in [2.24, 2.45) is 0 Å². The molecule has 0 N–H and O–H groups in total. The molecule has 0 saturated heterocycles. The number of ether oxygens (including phenoxy) is 2. The smallest absolute Gasteiger partial charge is 0.422 e. The lowest BCUT2D eigenvalue weighted by atomic mass is 10.1. The first-order chi connectivity index (χ1) is 14.8. The first-order valence-corrected chi connectivity index (χ1v) is 9.92. The van der Waals surface area contributed by atoms with Crippen LogP contribution in [0.1, 0.15) is 5.82 Å². The number of benzene rings is 2. The zero-order chi connectivity index (χ0) is 22.2. The molecule has 0 fully saturated rings. The van der Waals surface area contributed by atoms with E-state index in [1.807, 2.05) is 36.4 Å². The van der Waals surface area contributed by atoms with Gasteiger partial charge in [-0.2, -0.15) is 23.3 Å². The van der Waals surface area contributed by atoms with Crippen LogP contribution in [0, 0.1) is 6.92 Å². The van der Waals surface area contributed by atoms with Crippen LogP contribution in [0.25, 0.3) is 28.0 Å². The highest BCUT2D eigenvalue weighted by Crippen LogP contribution is 2.36. The van der Waals surface area contributed by atoms with Gasteiger partial charge in [0.15, 0.2) is 12.1 Å². The summed E-state index contributed by atoms with van der Waals surface area (Å²) in [5.41, 5.74) is 2.54. The molecule has 2 heterocycles. The van der Waals surface area contributed by atoms with Crippen molar-refractivity contribution in [3.8, 4) is 28.6 Å². The lowest BCUT2D eigenvalue weighted by Gasteiger charge is -2.10. The van der Waals surface area contributed by atoms with E-state index < -0.39 is 12.8 Å². The maximum absolute atomic E-state index is 12.8. The molecule has 4 aromatic rings. The molecule has 0 bridgehead atoms. The minimum Gasteiger partial charge on any atom is -0.497 e. The number of hydrogen-bond acceptors (Lipinski definition) is 5. The summed E-state index contributed by atoms with van der Waals surface area (Å²) in [6, 6.07) is 14.6. The van der Waals surface area contributed by atoms with Crippen LogP contribution < -0.4 is 9.47 Å². The maximum Gasteiger partial charge on any atom is 0.422 e. The molecular weight excluding hydrogens is 477 g/mol. The Morgan fingerprint density at radius 2 is 1.71 bits per heavy atom. The predicted octanol–water partition coefficient (Wildman–Crippen LogP) is 5.50.